The average Bonchev–Trinajstić information content (AvgIpc) is 2.67. The summed E-state index contributed by atoms with van der Waals surface area (Å²) in [6.45, 7) is 1.61. The van der Waals surface area contributed by atoms with E-state index in [-0.39, 0.29) is 17.3 Å². The lowest BCUT2D eigenvalue weighted by Gasteiger charge is -2.14. The Hall–Kier alpha value is -3.93. The second-order valence-corrected chi connectivity index (χ2v) is 6.00. The van der Waals surface area contributed by atoms with Crippen molar-refractivity contribution in [3.63, 3.8) is 0 Å². The Morgan fingerprint density at radius 2 is 1.69 bits per heavy atom. The van der Waals surface area contributed by atoms with Crippen LogP contribution in [0.3, 0.4) is 0 Å². The van der Waals surface area contributed by atoms with Crippen LogP contribution in [-0.2, 0) is 6.18 Å². The van der Waals surface area contributed by atoms with Crippen molar-refractivity contribution >= 4 is 23.2 Å². The molecule has 0 spiro atoms. The maximum atomic E-state index is 13.1. The van der Waals surface area contributed by atoms with Crippen LogP contribution >= 0.6 is 0 Å². The van der Waals surface area contributed by atoms with Gasteiger partial charge < -0.3 is 10.6 Å². The first-order valence-electron chi connectivity index (χ1n) is 8.37. The molecule has 146 valence electrons. The van der Waals surface area contributed by atoms with Crippen LogP contribution in [0.15, 0.2) is 54.6 Å². The number of rotatable bonds is 4. The second-order valence-electron chi connectivity index (χ2n) is 6.00. The van der Waals surface area contributed by atoms with Gasteiger partial charge in [-0.25, -0.2) is 9.97 Å². The predicted octanol–water partition coefficient (Wildman–Crippen LogP) is 4.67. The summed E-state index contributed by atoms with van der Waals surface area (Å²) in [5.41, 5.74) is -0.235. The van der Waals surface area contributed by atoms with Crippen LogP contribution in [0.4, 0.5) is 30.5 Å². The van der Waals surface area contributed by atoms with Gasteiger partial charge in [-0.2, -0.15) is 18.4 Å². The van der Waals surface area contributed by atoms with Crippen LogP contribution < -0.4 is 10.6 Å². The number of nitriles is 1. The standard InChI is InChI=1S/C20H14F3N5O/c1-12-10-17(18(29)26-16-9-5-3-7-14(16)20(21,22)23)28-19(25-12)27-15-8-4-2-6-13(15)11-24/h2-10H,1H3,(H,26,29)(H,25,27,28). The van der Waals surface area contributed by atoms with E-state index in [1.54, 1.807) is 31.2 Å². The first-order chi connectivity index (χ1) is 13.8. The molecule has 0 radical (unpaired) electrons. The van der Waals surface area contributed by atoms with Gasteiger partial charge in [0.2, 0.25) is 5.95 Å². The van der Waals surface area contributed by atoms with E-state index in [0.29, 0.717) is 16.9 Å². The maximum absolute atomic E-state index is 13.1. The van der Waals surface area contributed by atoms with Crippen molar-refractivity contribution in [2.75, 3.05) is 10.6 Å². The van der Waals surface area contributed by atoms with Gasteiger partial charge in [0, 0.05) is 5.69 Å². The Morgan fingerprint density at radius 3 is 2.38 bits per heavy atom. The van der Waals surface area contributed by atoms with E-state index >= 15 is 0 Å². The molecule has 29 heavy (non-hydrogen) atoms. The second kappa shape index (κ2) is 7.98. The molecule has 2 aromatic carbocycles. The quantitative estimate of drug-likeness (QED) is 0.668. The fourth-order valence-electron chi connectivity index (χ4n) is 2.58. The molecule has 1 amide bonds. The number of hydrogen-bond acceptors (Lipinski definition) is 5. The number of aromatic nitrogens is 2. The summed E-state index contributed by atoms with van der Waals surface area (Å²) in [6.07, 6.45) is -4.61. The zero-order valence-corrected chi connectivity index (χ0v) is 15.1. The van der Waals surface area contributed by atoms with Crippen LogP contribution in [0.2, 0.25) is 0 Å². The minimum Gasteiger partial charge on any atom is -0.323 e. The Balaban J connectivity index is 1.89. The Bertz CT molecular complexity index is 1110. The monoisotopic (exact) mass is 397 g/mol. The number of anilines is 3. The molecular weight excluding hydrogens is 383 g/mol. The first-order valence-corrected chi connectivity index (χ1v) is 8.37. The van der Waals surface area contributed by atoms with Crippen molar-refractivity contribution in [3.8, 4) is 6.07 Å². The number of benzene rings is 2. The third-order valence-electron chi connectivity index (χ3n) is 3.86. The molecule has 3 aromatic rings. The molecule has 0 atom stereocenters. The summed E-state index contributed by atoms with van der Waals surface area (Å²) in [5.74, 6) is -0.772. The van der Waals surface area contributed by atoms with Gasteiger partial charge in [-0.3, -0.25) is 4.79 Å². The highest BCUT2D eigenvalue weighted by Gasteiger charge is 2.33. The van der Waals surface area contributed by atoms with E-state index in [2.05, 4.69) is 20.6 Å². The number of nitrogens with one attached hydrogen (secondary N) is 2. The third kappa shape index (κ3) is 4.68. The molecule has 0 aliphatic rings. The smallest absolute Gasteiger partial charge is 0.323 e. The van der Waals surface area contributed by atoms with Crippen LogP contribution in [0.1, 0.15) is 27.3 Å². The molecule has 0 saturated heterocycles. The lowest BCUT2D eigenvalue weighted by molar-refractivity contribution is -0.136. The van der Waals surface area contributed by atoms with Gasteiger partial charge in [0.15, 0.2) is 0 Å². The van der Waals surface area contributed by atoms with Gasteiger partial charge in [0.1, 0.15) is 11.8 Å². The van der Waals surface area contributed by atoms with E-state index < -0.39 is 17.6 Å². The van der Waals surface area contributed by atoms with Gasteiger partial charge in [0.25, 0.3) is 5.91 Å². The molecule has 6 nitrogen and oxygen atoms in total. The van der Waals surface area contributed by atoms with Crippen molar-refractivity contribution in [2.45, 2.75) is 13.1 Å². The van der Waals surface area contributed by atoms with Crippen molar-refractivity contribution < 1.29 is 18.0 Å². The highest BCUT2D eigenvalue weighted by molar-refractivity contribution is 6.03. The molecule has 0 unspecified atom stereocenters. The minimum atomic E-state index is -4.61. The average molecular weight is 397 g/mol. The molecular formula is C20H14F3N5O. The highest BCUT2D eigenvalue weighted by Crippen LogP contribution is 2.34. The SMILES string of the molecule is Cc1cc(C(=O)Nc2ccccc2C(F)(F)F)nc(Nc2ccccc2C#N)n1. The molecule has 9 heteroatoms. The largest absolute Gasteiger partial charge is 0.418 e. The molecule has 3 rings (SSSR count). The van der Waals surface area contributed by atoms with Crippen LogP contribution in [-0.4, -0.2) is 15.9 Å². The van der Waals surface area contributed by atoms with Crippen LogP contribution in [0.25, 0.3) is 0 Å². The van der Waals surface area contributed by atoms with Crippen molar-refractivity contribution in [3.05, 3.63) is 77.1 Å². The van der Waals surface area contributed by atoms with Crippen LogP contribution in [0, 0.1) is 18.3 Å². The van der Waals surface area contributed by atoms with Crippen molar-refractivity contribution in [1.82, 2.24) is 9.97 Å². The maximum Gasteiger partial charge on any atom is 0.418 e. The Kier molecular flexibility index (Phi) is 5.45. The highest BCUT2D eigenvalue weighted by atomic mass is 19.4. The van der Waals surface area contributed by atoms with Gasteiger partial charge in [-0.05, 0) is 37.3 Å². The molecule has 0 fully saturated rings. The zero-order chi connectivity index (χ0) is 21.0. The molecule has 1 heterocycles. The zero-order valence-electron chi connectivity index (χ0n) is 15.1. The molecule has 0 aliphatic carbocycles. The predicted molar refractivity (Wildman–Crippen MR) is 101 cm³/mol. The summed E-state index contributed by atoms with van der Waals surface area (Å²) in [7, 11) is 0. The topological polar surface area (TPSA) is 90.7 Å². The fourth-order valence-corrected chi connectivity index (χ4v) is 2.58. The summed E-state index contributed by atoms with van der Waals surface area (Å²) < 4.78 is 39.4. The van der Waals surface area contributed by atoms with E-state index in [9.17, 15) is 18.0 Å². The number of aryl methyl sites for hydroxylation is 1. The molecule has 0 aliphatic heterocycles. The molecule has 0 bridgehead atoms. The number of carbonyl (C=O) groups excluding carboxylic acids is 1. The summed E-state index contributed by atoms with van der Waals surface area (Å²) in [5, 5.41) is 14.3. The van der Waals surface area contributed by atoms with Crippen molar-refractivity contribution in [2.24, 2.45) is 0 Å². The number of hydrogen-bond donors (Lipinski definition) is 2. The van der Waals surface area contributed by atoms with E-state index in [0.717, 1.165) is 12.1 Å². The normalized spacial score (nSPS) is 10.9. The molecule has 2 N–H and O–H groups in total. The lowest BCUT2D eigenvalue weighted by atomic mass is 10.1. The lowest BCUT2D eigenvalue weighted by Crippen LogP contribution is -2.18. The summed E-state index contributed by atoms with van der Waals surface area (Å²) in [6, 6.07) is 14.7. The van der Waals surface area contributed by atoms with Crippen molar-refractivity contribution in [1.29, 1.82) is 5.26 Å². The fraction of sp³-hybridized carbons (Fsp3) is 0.100. The van der Waals surface area contributed by atoms with Gasteiger partial charge in [-0.15, -0.1) is 0 Å². The number of alkyl halides is 3. The van der Waals surface area contributed by atoms with Gasteiger partial charge in [-0.1, -0.05) is 24.3 Å². The summed E-state index contributed by atoms with van der Waals surface area (Å²) in [4.78, 5) is 20.8. The summed E-state index contributed by atoms with van der Waals surface area (Å²) >= 11 is 0. The number of para-hydroxylation sites is 2. The third-order valence-corrected chi connectivity index (χ3v) is 3.86. The number of halogens is 3. The van der Waals surface area contributed by atoms with Gasteiger partial charge in [0.05, 0.1) is 22.5 Å². The Morgan fingerprint density at radius 1 is 1.03 bits per heavy atom. The van der Waals surface area contributed by atoms with E-state index in [1.165, 1.54) is 18.2 Å². The Labute approximate surface area is 164 Å². The molecule has 0 saturated carbocycles. The van der Waals surface area contributed by atoms with E-state index in [4.69, 9.17) is 5.26 Å². The molecule has 1 aromatic heterocycles. The minimum absolute atomic E-state index is 0.0435. The van der Waals surface area contributed by atoms with Crippen LogP contribution in [0.5, 0.6) is 0 Å². The van der Waals surface area contributed by atoms with Gasteiger partial charge >= 0.3 is 6.18 Å². The number of nitrogens with zero attached hydrogens (tertiary/aromatic N) is 3. The number of amides is 1. The first kappa shape index (κ1) is 19.8. The van der Waals surface area contributed by atoms with E-state index in [1.807, 2.05) is 6.07 Å². The number of carbonyl (C=O) groups is 1.